The van der Waals surface area contributed by atoms with Gasteiger partial charge in [-0.2, -0.15) is 0 Å². The average Bonchev–Trinajstić information content (AvgIpc) is 2.62. The molecule has 3 heterocycles. The highest BCUT2D eigenvalue weighted by atomic mass is 16.6. The first-order valence-corrected chi connectivity index (χ1v) is 8.95. The number of hydrogen-bond donors (Lipinski definition) is 1. The summed E-state index contributed by atoms with van der Waals surface area (Å²) < 4.78 is 11.2. The van der Waals surface area contributed by atoms with Crippen molar-refractivity contribution in [3.63, 3.8) is 0 Å². The molecule has 25 heavy (non-hydrogen) atoms. The number of fused-ring (bicyclic) bond motifs is 1. The largest absolute Gasteiger partial charge is 0.486 e. The molecule has 0 radical (unpaired) electrons. The van der Waals surface area contributed by atoms with Gasteiger partial charge in [-0.05, 0) is 37.8 Å². The van der Waals surface area contributed by atoms with Crippen LogP contribution < -0.4 is 19.7 Å². The van der Waals surface area contributed by atoms with E-state index in [1.807, 2.05) is 31.2 Å². The smallest absolute Gasteiger partial charge is 0.163 e. The van der Waals surface area contributed by atoms with Crippen LogP contribution in [0.25, 0.3) is 0 Å². The fourth-order valence-electron chi connectivity index (χ4n) is 3.28. The Hall–Kier alpha value is -2.50. The molecule has 0 spiro atoms. The van der Waals surface area contributed by atoms with E-state index in [2.05, 4.69) is 27.1 Å². The van der Waals surface area contributed by atoms with Crippen LogP contribution in [0.1, 0.15) is 25.6 Å². The fourth-order valence-corrected chi connectivity index (χ4v) is 3.28. The highest BCUT2D eigenvalue weighted by molar-refractivity contribution is 5.63. The van der Waals surface area contributed by atoms with Gasteiger partial charge < -0.3 is 19.7 Å². The van der Waals surface area contributed by atoms with Crippen LogP contribution in [0.4, 0.5) is 17.3 Å². The van der Waals surface area contributed by atoms with Crippen LogP contribution in [-0.4, -0.2) is 36.3 Å². The van der Waals surface area contributed by atoms with Crippen LogP contribution in [0, 0.1) is 12.8 Å². The van der Waals surface area contributed by atoms with Crippen LogP contribution in [0.2, 0.25) is 0 Å². The molecule has 0 atom stereocenters. The van der Waals surface area contributed by atoms with Gasteiger partial charge in [-0.1, -0.05) is 6.92 Å². The Morgan fingerprint density at radius 1 is 1.04 bits per heavy atom. The predicted molar refractivity (Wildman–Crippen MR) is 98.1 cm³/mol. The van der Waals surface area contributed by atoms with E-state index in [4.69, 9.17) is 9.47 Å². The Morgan fingerprint density at radius 3 is 2.60 bits per heavy atom. The number of aromatic nitrogens is 2. The SMILES string of the molecule is Cc1nc(Nc2ccc3c(c2)OCCO3)cc(N2CCC(C)CC2)n1. The molecule has 0 unspecified atom stereocenters. The number of rotatable bonds is 3. The van der Waals surface area contributed by atoms with Gasteiger partial charge >= 0.3 is 0 Å². The summed E-state index contributed by atoms with van der Waals surface area (Å²) in [5, 5.41) is 3.37. The molecule has 1 aromatic heterocycles. The number of ether oxygens (including phenoxy) is 2. The molecule has 0 bridgehead atoms. The lowest BCUT2D eigenvalue weighted by Crippen LogP contribution is -2.33. The van der Waals surface area contributed by atoms with Crippen LogP contribution in [-0.2, 0) is 0 Å². The van der Waals surface area contributed by atoms with Gasteiger partial charge in [0.2, 0.25) is 0 Å². The molecule has 0 amide bonds. The molecule has 4 rings (SSSR count). The summed E-state index contributed by atoms with van der Waals surface area (Å²) in [7, 11) is 0. The summed E-state index contributed by atoms with van der Waals surface area (Å²) in [6, 6.07) is 7.89. The molecular weight excluding hydrogens is 316 g/mol. The lowest BCUT2D eigenvalue weighted by Gasteiger charge is -2.31. The first-order valence-electron chi connectivity index (χ1n) is 8.95. The van der Waals surface area contributed by atoms with Crippen molar-refractivity contribution in [2.75, 3.05) is 36.5 Å². The van der Waals surface area contributed by atoms with E-state index < -0.39 is 0 Å². The standard InChI is InChI=1S/C19H24N4O2/c1-13-5-7-23(8-6-13)19-12-18(20-14(2)21-19)22-15-3-4-16-17(11-15)25-10-9-24-16/h3-4,11-13H,5-10H2,1-2H3,(H,20,21,22). The maximum absolute atomic E-state index is 5.65. The zero-order chi connectivity index (χ0) is 17.2. The summed E-state index contributed by atoms with van der Waals surface area (Å²) in [4.78, 5) is 11.5. The zero-order valence-corrected chi connectivity index (χ0v) is 14.8. The minimum absolute atomic E-state index is 0.584. The molecule has 2 aliphatic rings. The second kappa shape index (κ2) is 6.78. The second-order valence-corrected chi connectivity index (χ2v) is 6.81. The number of nitrogens with zero attached hydrogens (tertiary/aromatic N) is 3. The van der Waals surface area contributed by atoms with E-state index in [9.17, 15) is 0 Å². The first-order chi connectivity index (χ1) is 12.2. The molecule has 132 valence electrons. The maximum Gasteiger partial charge on any atom is 0.163 e. The van der Waals surface area contributed by atoms with Crippen LogP contribution in [0.5, 0.6) is 11.5 Å². The monoisotopic (exact) mass is 340 g/mol. The summed E-state index contributed by atoms with van der Waals surface area (Å²) >= 11 is 0. The van der Waals surface area contributed by atoms with Crippen molar-refractivity contribution in [2.24, 2.45) is 5.92 Å². The molecule has 0 saturated carbocycles. The summed E-state index contributed by atoms with van der Waals surface area (Å²) in [5.74, 6) is 4.94. The van der Waals surface area contributed by atoms with E-state index in [0.717, 1.165) is 53.7 Å². The molecule has 6 nitrogen and oxygen atoms in total. The predicted octanol–water partition coefficient (Wildman–Crippen LogP) is 3.54. The third kappa shape index (κ3) is 3.62. The summed E-state index contributed by atoms with van der Waals surface area (Å²) in [6.07, 6.45) is 2.43. The molecular formula is C19H24N4O2. The van der Waals surface area contributed by atoms with Gasteiger partial charge in [0.1, 0.15) is 30.7 Å². The van der Waals surface area contributed by atoms with Crippen molar-refractivity contribution in [3.8, 4) is 11.5 Å². The highest BCUT2D eigenvalue weighted by Gasteiger charge is 2.18. The molecule has 1 aromatic carbocycles. The Labute approximate surface area is 148 Å². The molecule has 1 N–H and O–H groups in total. The van der Waals surface area contributed by atoms with Crippen LogP contribution in [0.15, 0.2) is 24.3 Å². The molecule has 2 aliphatic heterocycles. The molecule has 6 heteroatoms. The third-order valence-corrected chi connectivity index (χ3v) is 4.75. The van der Waals surface area contributed by atoms with Crippen molar-refractivity contribution in [1.29, 1.82) is 0 Å². The van der Waals surface area contributed by atoms with Gasteiger partial charge in [-0.25, -0.2) is 9.97 Å². The lowest BCUT2D eigenvalue weighted by molar-refractivity contribution is 0.171. The van der Waals surface area contributed by atoms with Crippen molar-refractivity contribution < 1.29 is 9.47 Å². The van der Waals surface area contributed by atoms with Gasteiger partial charge in [0.05, 0.1) is 0 Å². The lowest BCUT2D eigenvalue weighted by atomic mass is 9.99. The number of benzene rings is 1. The second-order valence-electron chi connectivity index (χ2n) is 6.81. The summed E-state index contributed by atoms with van der Waals surface area (Å²) in [5.41, 5.74) is 0.931. The van der Waals surface area contributed by atoms with Gasteiger partial charge in [0.15, 0.2) is 11.5 Å². The fraction of sp³-hybridized carbons (Fsp3) is 0.474. The zero-order valence-electron chi connectivity index (χ0n) is 14.8. The molecule has 2 aromatic rings. The average molecular weight is 340 g/mol. The van der Waals surface area contributed by atoms with E-state index in [1.165, 1.54) is 12.8 Å². The van der Waals surface area contributed by atoms with E-state index >= 15 is 0 Å². The van der Waals surface area contributed by atoms with Gasteiger partial charge in [0, 0.05) is 30.9 Å². The number of anilines is 3. The van der Waals surface area contributed by atoms with Crippen LogP contribution >= 0.6 is 0 Å². The molecule has 0 aliphatic carbocycles. The number of nitrogens with one attached hydrogen (secondary N) is 1. The number of piperidine rings is 1. The van der Waals surface area contributed by atoms with Crippen molar-refractivity contribution in [3.05, 3.63) is 30.1 Å². The maximum atomic E-state index is 5.65. The van der Waals surface area contributed by atoms with E-state index in [1.54, 1.807) is 0 Å². The van der Waals surface area contributed by atoms with Crippen molar-refractivity contribution >= 4 is 17.3 Å². The van der Waals surface area contributed by atoms with Crippen molar-refractivity contribution in [2.45, 2.75) is 26.7 Å². The Kier molecular flexibility index (Phi) is 4.34. The molecule has 1 saturated heterocycles. The first kappa shape index (κ1) is 16.0. The topological polar surface area (TPSA) is 59.5 Å². The van der Waals surface area contributed by atoms with E-state index in [0.29, 0.717) is 13.2 Å². The van der Waals surface area contributed by atoms with Crippen molar-refractivity contribution in [1.82, 2.24) is 9.97 Å². The quantitative estimate of drug-likeness (QED) is 0.922. The summed E-state index contributed by atoms with van der Waals surface area (Å²) in [6.45, 7) is 7.55. The highest BCUT2D eigenvalue weighted by Crippen LogP contribution is 2.33. The van der Waals surface area contributed by atoms with E-state index in [-0.39, 0.29) is 0 Å². The minimum Gasteiger partial charge on any atom is -0.486 e. The van der Waals surface area contributed by atoms with Gasteiger partial charge in [-0.3, -0.25) is 0 Å². The normalized spacial score (nSPS) is 17.4. The Balaban J connectivity index is 1.54. The Morgan fingerprint density at radius 2 is 1.80 bits per heavy atom. The number of aryl methyl sites for hydroxylation is 1. The Bertz CT molecular complexity index is 757. The minimum atomic E-state index is 0.584. The van der Waals surface area contributed by atoms with Crippen LogP contribution in [0.3, 0.4) is 0 Å². The number of hydrogen-bond acceptors (Lipinski definition) is 6. The molecule has 1 fully saturated rings. The third-order valence-electron chi connectivity index (χ3n) is 4.75. The van der Waals surface area contributed by atoms with Gasteiger partial charge in [0.25, 0.3) is 0 Å². The van der Waals surface area contributed by atoms with Gasteiger partial charge in [-0.15, -0.1) is 0 Å².